The van der Waals surface area contributed by atoms with Crippen LogP contribution in [-0.2, 0) is 17.1 Å². The molecule has 0 saturated heterocycles. The van der Waals surface area contributed by atoms with Crippen molar-refractivity contribution >= 4 is 53.4 Å². The number of fused-ring (bicyclic) bond motifs is 1. The van der Waals surface area contributed by atoms with E-state index in [-0.39, 0.29) is 10.9 Å². The van der Waals surface area contributed by atoms with E-state index >= 15 is 0 Å². The molecule has 0 atom stereocenters. The molecule has 3 aromatic rings. The van der Waals surface area contributed by atoms with Gasteiger partial charge in [0.05, 0.1) is 15.1 Å². The van der Waals surface area contributed by atoms with E-state index in [2.05, 4.69) is 20.9 Å². The van der Waals surface area contributed by atoms with Gasteiger partial charge in [0.25, 0.3) is 5.91 Å². The monoisotopic (exact) mass is 479 g/mol. The van der Waals surface area contributed by atoms with E-state index in [1.165, 1.54) is 39.9 Å². The molecule has 0 aliphatic heterocycles. The molecule has 9 heteroatoms. The number of halogens is 1. The molecule has 0 bridgehead atoms. The standard InChI is InChI=1S/C19H18BrN3O3S2/c1-22-17-15(20)4-3-5-16(17)27-19(22)21-18(24)12-6-10-14(11-7-12)28(25,26)23(2)13-8-9-13/h3-7,10-11,13H,8-9H2,1-2H3. The predicted octanol–water partition coefficient (Wildman–Crippen LogP) is 3.53. The van der Waals surface area contributed by atoms with Crippen molar-refractivity contribution in [3.8, 4) is 0 Å². The topological polar surface area (TPSA) is 71.7 Å². The summed E-state index contributed by atoms with van der Waals surface area (Å²) < 4.78 is 30.4. The van der Waals surface area contributed by atoms with E-state index in [1.54, 1.807) is 7.05 Å². The van der Waals surface area contributed by atoms with E-state index in [9.17, 15) is 13.2 Å². The van der Waals surface area contributed by atoms with Crippen LogP contribution in [0.3, 0.4) is 0 Å². The zero-order valence-electron chi connectivity index (χ0n) is 15.3. The van der Waals surface area contributed by atoms with Crippen molar-refractivity contribution in [3.63, 3.8) is 0 Å². The Labute approximate surface area is 175 Å². The Balaban J connectivity index is 1.65. The second-order valence-electron chi connectivity index (χ2n) is 6.72. The van der Waals surface area contributed by atoms with Gasteiger partial charge in [0, 0.05) is 30.2 Å². The quantitative estimate of drug-likeness (QED) is 0.574. The number of carbonyl (C=O) groups is 1. The summed E-state index contributed by atoms with van der Waals surface area (Å²) in [5.74, 6) is -0.405. The number of carbonyl (C=O) groups excluding carboxylic acids is 1. The molecule has 0 N–H and O–H groups in total. The Morgan fingerprint density at radius 2 is 1.89 bits per heavy atom. The van der Waals surface area contributed by atoms with Gasteiger partial charge in [0.2, 0.25) is 10.0 Å². The Bertz CT molecular complexity index is 1240. The van der Waals surface area contributed by atoms with Crippen LogP contribution in [0.15, 0.2) is 56.8 Å². The maximum absolute atomic E-state index is 12.6. The van der Waals surface area contributed by atoms with Gasteiger partial charge in [0.1, 0.15) is 0 Å². The number of thiazole rings is 1. The molecule has 6 nitrogen and oxygen atoms in total. The number of hydrogen-bond donors (Lipinski definition) is 0. The molecule has 1 aliphatic rings. The highest BCUT2D eigenvalue weighted by Gasteiger charge is 2.34. The van der Waals surface area contributed by atoms with Gasteiger partial charge in [-0.2, -0.15) is 9.30 Å². The number of benzene rings is 2. The van der Waals surface area contributed by atoms with Crippen LogP contribution >= 0.6 is 27.3 Å². The van der Waals surface area contributed by atoms with Crippen molar-refractivity contribution in [2.75, 3.05) is 7.05 Å². The van der Waals surface area contributed by atoms with Crippen molar-refractivity contribution in [1.29, 1.82) is 0 Å². The van der Waals surface area contributed by atoms with Crippen LogP contribution in [0, 0.1) is 0 Å². The normalized spacial score (nSPS) is 15.5. The molecule has 1 aromatic heterocycles. The Morgan fingerprint density at radius 3 is 2.50 bits per heavy atom. The summed E-state index contributed by atoms with van der Waals surface area (Å²) in [7, 11) is -0.0633. The number of para-hydroxylation sites is 1. The Hall–Kier alpha value is -1.81. The SMILES string of the molecule is CN(C1CC1)S(=O)(=O)c1ccc(C(=O)N=c2sc3cccc(Br)c3n2C)cc1. The van der Waals surface area contributed by atoms with Gasteiger partial charge in [-0.05, 0) is 65.2 Å². The number of rotatable bonds is 4. The van der Waals surface area contributed by atoms with E-state index < -0.39 is 15.9 Å². The fourth-order valence-corrected chi connectivity index (χ4v) is 6.21. The lowest BCUT2D eigenvalue weighted by atomic mass is 10.2. The molecule has 28 heavy (non-hydrogen) atoms. The summed E-state index contributed by atoms with van der Waals surface area (Å²) in [6.45, 7) is 0. The third-order valence-corrected chi connectivity index (χ3v) is 8.47. The third kappa shape index (κ3) is 3.47. The van der Waals surface area contributed by atoms with E-state index in [0.717, 1.165) is 27.5 Å². The lowest BCUT2D eigenvalue weighted by molar-refractivity contribution is 0.0998. The second kappa shape index (κ2) is 7.22. The largest absolute Gasteiger partial charge is 0.318 e. The first-order valence-electron chi connectivity index (χ1n) is 8.70. The van der Waals surface area contributed by atoms with Gasteiger partial charge < -0.3 is 4.57 Å². The van der Waals surface area contributed by atoms with Gasteiger partial charge in [0.15, 0.2) is 4.80 Å². The van der Waals surface area contributed by atoms with Crippen LogP contribution < -0.4 is 4.80 Å². The summed E-state index contributed by atoms with van der Waals surface area (Å²) in [4.78, 5) is 17.6. The molecule has 1 saturated carbocycles. The molecule has 0 unspecified atom stereocenters. The summed E-state index contributed by atoms with van der Waals surface area (Å²) >= 11 is 4.95. The number of nitrogens with zero attached hydrogens (tertiary/aromatic N) is 3. The molecule has 1 heterocycles. The first kappa shape index (κ1) is 19.5. The number of amides is 1. The van der Waals surface area contributed by atoms with Crippen LogP contribution in [0.5, 0.6) is 0 Å². The van der Waals surface area contributed by atoms with Crippen LogP contribution in [0.4, 0.5) is 0 Å². The van der Waals surface area contributed by atoms with Crippen molar-refractivity contribution in [1.82, 2.24) is 8.87 Å². The summed E-state index contributed by atoms with van der Waals surface area (Å²) in [5.41, 5.74) is 1.33. The maximum Gasteiger partial charge on any atom is 0.279 e. The predicted molar refractivity (Wildman–Crippen MR) is 113 cm³/mol. The lowest BCUT2D eigenvalue weighted by Crippen LogP contribution is -2.28. The molecule has 0 radical (unpaired) electrons. The highest BCUT2D eigenvalue weighted by Crippen LogP contribution is 2.30. The molecule has 0 spiro atoms. The number of hydrogen-bond acceptors (Lipinski definition) is 4. The van der Waals surface area contributed by atoms with Gasteiger partial charge in [-0.25, -0.2) is 8.42 Å². The lowest BCUT2D eigenvalue weighted by Gasteiger charge is -2.16. The first-order valence-corrected chi connectivity index (χ1v) is 11.7. The zero-order valence-corrected chi connectivity index (χ0v) is 18.5. The average molecular weight is 480 g/mol. The number of aromatic nitrogens is 1. The maximum atomic E-state index is 12.6. The highest BCUT2D eigenvalue weighted by molar-refractivity contribution is 9.10. The minimum absolute atomic E-state index is 0.0913. The fraction of sp³-hybridized carbons (Fsp3) is 0.263. The zero-order chi connectivity index (χ0) is 20.1. The van der Waals surface area contributed by atoms with Gasteiger partial charge in [-0.15, -0.1) is 0 Å². The van der Waals surface area contributed by atoms with Gasteiger partial charge >= 0.3 is 0 Å². The minimum atomic E-state index is -3.52. The molecule has 2 aromatic carbocycles. The smallest absolute Gasteiger partial charge is 0.279 e. The van der Waals surface area contributed by atoms with E-state index in [4.69, 9.17) is 0 Å². The van der Waals surface area contributed by atoms with Crippen molar-refractivity contribution in [2.45, 2.75) is 23.8 Å². The Morgan fingerprint density at radius 1 is 1.21 bits per heavy atom. The molecular formula is C19H18BrN3O3S2. The summed E-state index contributed by atoms with van der Waals surface area (Å²) in [6, 6.07) is 11.9. The van der Waals surface area contributed by atoms with E-state index in [0.29, 0.717) is 10.4 Å². The Kier molecular flexibility index (Phi) is 5.03. The van der Waals surface area contributed by atoms with Crippen molar-refractivity contribution in [2.24, 2.45) is 12.0 Å². The molecule has 146 valence electrons. The summed E-state index contributed by atoms with van der Waals surface area (Å²) in [6.07, 6.45) is 1.79. The molecular weight excluding hydrogens is 462 g/mol. The van der Waals surface area contributed by atoms with Crippen LogP contribution in [-0.4, -0.2) is 36.3 Å². The van der Waals surface area contributed by atoms with Crippen molar-refractivity contribution in [3.05, 3.63) is 57.3 Å². The highest BCUT2D eigenvalue weighted by atomic mass is 79.9. The van der Waals surface area contributed by atoms with Crippen molar-refractivity contribution < 1.29 is 13.2 Å². The summed E-state index contributed by atoms with van der Waals surface area (Å²) in [5, 5.41) is 0. The number of sulfonamides is 1. The second-order valence-corrected chi connectivity index (χ2v) is 10.6. The molecule has 1 aliphatic carbocycles. The minimum Gasteiger partial charge on any atom is -0.318 e. The molecule has 1 amide bonds. The first-order chi connectivity index (χ1) is 13.3. The third-order valence-electron chi connectivity index (χ3n) is 4.81. The fourth-order valence-electron chi connectivity index (χ4n) is 2.99. The average Bonchev–Trinajstić information content (AvgIpc) is 3.47. The van der Waals surface area contributed by atoms with E-state index in [1.807, 2.05) is 29.8 Å². The van der Waals surface area contributed by atoms with Gasteiger partial charge in [-0.1, -0.05) is 17.4 Å². The number of aryl methyl sites for hydroxylation is 1. The van der Waals surface area contributed by atoms with Crippen LogP contribution in [0.25, 0.3) is 10.2 Å². The van der Waals surface area contributed by atoms with Crippen LogP contribution in [0.2, 0.25) is 0 Å². The molecule has 4 rings (SSSR count). The molecule has 1 fully saturated rings. The van der Waals surface area contributed by atoms with Gasteiger partial charge in [-0.3, -0.25) is 4.79 Å². The van der Waals surface area contributed by atoms with Crippen LogP contribution in [0.1, 0.15) is 23.2 Å².